The summed E-state index contributed by atoms with van der Waals surface area (Å²) in [6.07, 6.45) is 0. The number of anilines is 2. The Morgan fingerprint density at radius 3 is 2.28 bits per heavy atom. The van der Waals surface area contributed by atoms with Crippen LogP contribution in [0.4, 0.5) is 15.8 Å². The second kappa shape index (κ2) is 6.14. The van der Waals surface area contributed by atoms with Crippen LogP contribution in [0.25, 0.3) is 0 Å². The van der Waals surface area contributed by atoms with Crippen LogP contribution in [0.3, 0.4) is 0 Å². The van der Waals surface area contributed by atoms with Gasteiger partial charge in [-0.3, -0.25) is 0 Å². The molecule has 0 saturated carbocycles. The molecule has 3 heteroatoms. The van der Waals surface area contributed by atoms with Crippen molar-refractivity contribution >= 4 is 11.4 Å². The topological polar surface area (TPSA) is 12.5 Å². The van der Waals surface area contributed by atoms with Crippen LogP contribution < -0.4 is 4.90 Å². The van der Waals surface area contributed by atoms with E-state index in [4.69, 9.17) is 4.74 Å². The molecule has 0 radical (unpaired) electrons. The Kier molecular flexibility index (Phi) is 4.40. The second-order valence-corrected chi connectivity index (χ2v) is 8.09. The van der Waals surface area contributed by atoms with Crippen LogP contribution in [-0.4, -0.2) is 13.2 Å². The fourth-order valence-electron chi connectivity index (χ4n) is 3.57. The quantitative estimate of drug-likeness (QED) is 0.696. The molecule has 0 aromatic heterocycles. The van der Waals surface area contributed by atoms with Gasteiger partial charge < -0.3 is 9.64 Å². The SMILES string of the molecule is CCN(c1ccc(C)c(F)c1)c1ccc2c(c1)C(C)(C)COC2(C)C. The van der Waals surface area contributed by atoms with Crippen LogP contribution in [-0.2, 0) is 15.8 Å². The lowest BCUT2D eigenvalue weighted by Crippen LogP contribution is -2.40. The average Bonchev–Trinajstić information content (AvgIpc) is 2.56. The zero-order valence-corrected chi connectivity index (χ0v) is 16.1. The maximum atomic E-state index is 14.0. The smallest absolute Gasteiger partial charge is 0.128 e. The first-order chi connectivity index (χ1) is 11.7. The van der Waals surface area contributed by atoms with Gasteiger partial charge in [-0.25, -0.2) is 4.39 Å². The number of fused-ring (bicyclic) bond motifs is 1. The van der Waals surface area contributed by atoms with Crippen molar-refractivity contribution in [2.75, 3.05) is 18.1 Å². The lowest BCUT2D eigenvalue weighted by molar-refractivity contribution is -0.0587. The van der Waals surface area contributed by atoms with E-state index in [1.54, 1.807) is 13.0 Å². The third-order valence-corrected chi connectivity index (χ3v) is 5.27. The van der Waals surface area contributed by atoms with Crippen molar-refractivity contribution in [2.24, 2.45) is 0 Å². The van der Waals surface area contributed by atoms with Crippen LogP contribution in [0.5, 0.6) is 0 Å². The van der Waals surface area contributed by atoms with Gasteiger partial charge in [-0.2, -0.15) is 0 Å². The van der Waals surface area contributed by atoms with E-state index in [-0.39, 0.29) is 16.8 Å². The molecule has 1 heterocycles. The number of hydrogen-bond acceptors (Lipinski definition) is 2. The number of nitrogens with zero attached hydrogens (tertiary/aromatic N) is 1. The minimum Gasteiger partial charge on any atom is -0.370 e. The molecule has 0 spiro atoms. The Labute approximate surface area is 150 Å². The molecule has 1 aliphatic heterocycles. The Morgan fingerprint density at radius 2 is 1.64 bits per heavy atom. The number of ether oxygens (including phenoxy) is 1. The highest BCUT2D eigenvalue weighted by molar-refractivity contribution is 5.66. The van der Waals surface area contributed by atoms with Crippen LogP contribution >= 0.6 is 0 Å². The van der Waals surface area contributed by atoms with Crippen molar-refractivity contribution in [3.8, 4) is 0 Å². The summed E-state index contributed by atoms with van der Waals surface area (Å²) in [4.78, 5) is 2.15. The summed E-state index contributed by atoms with van der Waals surface area (Å²) in [5, 5.41) is 0. The fourth-order valence-corrected chi connectivity index (χ4v) is 3.57. The lowest BCUT2D eigenvalue weighted by atomic mass is 9.75. The van der Waals surface area contributed by atoms with E-state index in [1.165, 1.54) is 11.1 Å². The molecule has 0 unspecified atom stereocenters. The third kappa shape index (κ3) is 3.18. The van der Waals surface area contributed by atoms with E-state index in [1.807, 2.05) is 12.1 Å². The standard InChI is InChI=1S/C22H28FNO/c1-7-24(17-9-8-15(2)20(23)13-17)16-10-11-18-19(12-16)21(3,4)14-25-22(18,5)6/h8-13H,7,14H2,1-6H3. The molecule has 25 heavy (non-hydrogen) atoms. The zero-order valence-electron chi connectivity index (χ0n) is 16.1. The van der Waals surface area contributed by atoms with Gasteiger partial charge in [-0.05, 0) is 68.7 Å². The lowest BCUT2D eigenvalue weighted by Gasteiger charge is -2.42. The van der Waals surface area contributed by atoms with E-state index in [0.717, 1.165) is 17.9 Å². The molecule has 3 rings (SSSR count). The minimum atomic E-state index is -0.281. The second-order valence-electron chi connectivity index (χ2n) is 8.09. The molecule has 2 aromatic carbocycles. The van der Waals surface area contributed by atoms with Crippen LogP contribution in [0.1, 0.15) is 51.3 Å². The molecule has 0 atom stereocenters. The molecular formula is C22H28FNO. The Balaban J connectivity index is 2.09. The summed E-state index contributed by atoms with van der Waals surface area (Å²) in [6.45, 7) is 14.0. The maximum Gasteiger partial charge on any atom is 0.128 e. The molecule has 0 amide bonds. The van der Waals surface area contributed by atoms with Crippen LogP contribution in [0.15, 0.2) is 36.4 Å². The molecule has 0 saturated heterocycles. The molecule has 2 nitrogen and oxygen atoms in total. The summed E-state index contributed by atoms with van der Waals surface area (Å²) in [5.74, 6) is -0.163. The van der Waals surface area contributed by atoms with E-state index in [2.05, 4.69) is 57.7 Å². The van der Waals surface area contributed by atoms with E-state index in [0.29, 0.717) is 12.2 Å². The Bertz CT molecular complexity index is 795. The number of aryl methyl sites for hydroxylation is 1. The Hall–Kier alpha value is -1.87. The summed E-state index contributed by atoms with van der Waals surface area (Å²) >= 11 is 0. The van der Waals surface area contributed by atoms with E-state index >= 15 is 0 Å². The number of benzene rings is 2. The van der Waals surface area contributed by atoms with Crippen LogP contribution in [0, 0.1) is 12.7 Å². The van der Waals surface area contributed by atoms with Crippen molar-refractivity contribution in [3.05, 3.63) is 58.9 Å². The number of rotatable bonds is 3. The number of hydrogen-bond donors (Lipinski definition) is 0. The predicted octanol–water partition coefficient (Wildman–Crippen LogP) is 5.84. The first-order valence-electron chi connectivity index (χ1n) is 8.98. The first-order valence-corrected chi connectivity index (χ1v) is 8.98. The van der Waals surface area contributed by atoms with Crippen molar-refractivity contribution < 1.29 is 9.13 Å². The average molecular weight is 341 g/mol. The molecule has 0 aliphatic carbocycles. The van der Waals surface area contributed by atoms with Crippen molar-refractivity contribution in [1.82, 2.24) is 0 Å². The molecule has 0 fully saturated rings. The maximum absolute atomic E-state index is 14.0. The molecule has 1 aliphatic rings. The monoisotopic (exact) mass is 341 g/mol. The summed E-state index contributed by atoms with van der Waals surface area (Å²) in [5.41, 5.74) is 4.87. The van der Waals surface area contributed by atoms with Gasteiger partial charge in [0.15, 0.2) is 0 Å². The summed E-state index contributed by atoms with van der Waals surface area (Å²) in [7, 11) is 0. The molecule has 134 valence electrons. The Morgan fingerprint density at radius 1 is 1.00 bits per heavy atom. The zero-order chi connectivity index (χ0) is 18.4. The fraction of sp³-hybridized carbons (Fsp3) is 0.455. The minimum absolute atomic E-state index is 0.0429. The van der Waals surface area contributed by atoms with E-state index in [9.17, 15) is 4.39 Å². The highest BCUT2D eigenvalue weighted by Gasteiger charge is 2.38. The predicted molar refractivity (Wildman–Crippen MR) is 102 cm³/mol. The van der Waals surface area contributed by atoms with Gasteiger partial charge in [0.25, 0.3) is 0 Å². The number of halogens is 1. The van der Waals surface area contributed by atoms with Crippen LogP contribution in [0.2, 0.25) is 0 Å². The summed E-state index contributed by atoms with van der Waals surface area (Å²) < 4.78 is 20.1. The third-order valence-electron chi connectivity index (χ3n) is 5.27. The van der Waals surface area contributed by atoms with Gasteiger partial charge in [0, 0.05) is 23.3 Å². The van der Waals surface area contributed by atoms with E-state index < -0.39 is 0 Å². The molecule has 0 N–H and O–H groups in total. The van der Waals surface area contributed by atoms with Gasteiger partial charge in [0.2, 0.25) is 0 Å². The van der Waals surface area contributed by atoms with Gasteiger partial charge in [0.1, 0.15) is 5.82 Å². The molecular weight excluding hydrogens is 313 g/mol. The molecule has 0 bridgehead atoms. The summed E-state index contributed by atoms with van der Waals surface area (Å²) in [6, 6.07) is 12.0. The van der Waals surface area contributed by atoms with Gasteiger partial charge in [-0.1, -0.05) is 26.0 Å². The van der Waals surface area contributed by atoms with Gasteiger partial charge in [0.05, 0.1) is 12.2 Å². The van der Waals surface area contributed by atoms with Gasteiger partial charge in [-0.15, -0.1) is 0 Å². The highest BCUT2D eigenvalue weighted by Crippen LogP contribution is 2.43. The van der Waals surface area contributed by atoms with Crippen molar-refractivity contribution in [3.63, 3.8) is 0 Å². The first kappa shape index (κ1) is 17.9. The van der Waals surface area contributed by atoms with Crippen molar-refractivity contribution in [1.29, 1.82) is 0 Å². The normalized spacial score (nSPS) is 17.9. The van der Waals surface area contributed by atoms with Crippen molar-refractivity contribution in [2.45, 2.75) is 52.6 Å². The largest absolute Gasteiger partial charge is 0.370 e. The van der Waals surface area contributed by atoms with Gasteiger partial charge >= 0.3 is 0 Å². The molecule has 2 aromatic rings. The highest BCUT2D eigenvalue weighted by atomic mass is 19.1.